The molecule has 1 heterocycles. The average Bonchev–Trinajstić information content (AvgIpc) is 3.10. The van der Waals surface area contributed by atoms with Gasteiger partial charge in [0, 0.05) is 12.2 Å². The molecule has 2 aromatic rings. The van der Waals surface area contributed by atoms with E-state index in [-0.39, 0.29) is 0 Å². The first-order chi connectivity index (χ1) is 9.85. The lowest BCUT2D eigenvalue weighted by molar-refractivity contribution is 0.516. The topological polar surface area (TPSA) is 55.9 Å². The molecule has 0 amide bonds. The highest BCUT2D eigenvalue weighted by molar-refractivity contribution is 5.40. The SMILES string of the molecule is NCC1CCCC1Nc1cnn(Cc2ccccc2)c1. The third-order valence-corrected chi connectivity index (χ3v) is 4.13. The van der Waals surface area contributed by atoms with Crippen LogP contribution in [0.25, 0.3) is 0 Å². The first kappa shape index (κ1) is 13.2. The van der Waals surface area contributed by atoms with Gasteiger partial charge in [0.1, 0.15) is 0 Å². The zero-order valence-corrected chi connectivity index (χ0v) is 11.7. The van der Waals surface area contributed by atoms with Gasteiger partial charge in [-0.05, 0) is 30.9 Å². The number of nitrogens with one attached hydrogen (secondary N) is 1. The summed E-state index contributed by atoms with van der Waals surface area (Å²) in [5, 5.41) is 8.01. The van der Waals surface area contributed by atoms with Gasteiger partial charge in [-0.2, -0.15) is 5.10 Å². The van der Waals surface area contributed by atoms with Gasteiger partial charge in [0.05, 0.1) is 18.4 Å². The second-order valence-electron chi connectivity index (χ2n) is 5.59. The van der Waals surface area contributed by atoms with Gasteiger partial charge in [0.15, 0.2) is 0 Å². The van der Waals surface area contributed by atoms with Crippen molar-refractivity contribution in [2.24, 2.45) is 11.7 Å². The standard InChI is InChI=1S/C16H22N4/c17-9-14-7-4-8-16(14)19-15-10-18-20(12-15)11-13-5-2-1-3-6-13/h1-3,5-6,10,12,14,16,19H,4,7-9,11,17H2. The Morgan fingerprint density at radius 2 is 2.10 bits per heavy atom. The summed E-state index contributed by atoms with van der Waals surface area (Å²) in [5.74, 6) is 0.604. The third kappa shape index (κ3) is 3.02. The molecule has 2 atom stereocenters. The molecule has 4 nitrogen and oxygen atoms in total. The van der Waals surface area contributed by atoms with Gasteiger partial charge in [0.2, 0.25) is 0 Å². The molecule has 1 aliphatic carbocycles. The van der Waals surface area contributed by atoms with E-state index in [0.29, 0.717) is 12.0 Å². The van der Waals surface area contributed by atoms with Gasteiger partial charge < -0.3 is 11.1 Å². The lowest BCUT2D eigenvalue weighted by atomic mass is 10.0. The van der Waals surface area contributed by atoms with Crippen molar-refractivity contribution >= 4 is 5.69 Å². The van der Waals surface area contributed by atoms with Crippen molar-refractivity contribution in [2.45, 2.75) is 31.8 Å². The second-order valence-corrected chi connectivity index (χ2v) is 5.59. The van der Waals surface area contributed by atoms with E-state index in [0.717, 1.165) is 18.8 Å². The maximum atomic E-state index is 5.82. The molecule has 106 valence electrons. The van der Waals surface area contributed by atoms with E-state index < -0.39 is 0 Å². The monoisotopic (exact) mass is 270 g/mol. The Hall–Kier alpha value is -1.81. The molecular formula is C16H22N4. The van der Waals surface area contributed by atoms with E-state index in [4.69, 9.17) is 5.73 Å². The summed E-state index contributed by atoms with van der Waals surface area (Å²) in [5.41, 5.74) is 8.19. The number of aromatic nitrogens is 2. The molecule has 1 aliphatic rings. The summed E-state index contributed by atoms with van der Waals surface area (Å²) >= 11 is 0. The molecule has 3 rings (SSSR count). The lowest BCUT2D eigenvalue weighted by Crippen LogP contribution is -2.29. The molecule has 2 unspecified atom stereocenters. The first-order valence-electron chi connectivity index (χ1n) is 7.38. The van der Waals surface area contributed by atoms with E-state index in [1.165, 1.54) is 24.8 Å². The Kier molecular flexibility index (Phi) is 4.02. The number of nitrogens with two attached hydrogens (primary N) is 1. The fourth-order valence-electron chi connectivity index (χ4n) is 3.02. The fourth-order valence-corrected chi connectivity index (χ4v) is 3.02. The van der Waals surface area contributed by atoms with Crippen LogP contribution in [0.3, 0.4) is 0 Å². The van der Waals surface area contributed by atoms with Crippen LogP contribution in [0.15, 0.2) is 42.7 Å². The van der Waals surface area contributed by atoms with Crippen molar-refractivity contribution in [2.75, 3.05) is 11.9 Å². The molecule has 0 radical (unpaired) electrons. The maximum Gasteiger partial charge on any atom is 0.0728 e. The van der Waals surface area contributed by atoms with Crippen LogP contribution in [-0.4, -0.2) is 22.4 Å². The van der Waals surface area contributed by atoms with Gasteiger partial charge in [-0.3, -0.25) is 4.68 Å². The van der Waals surface area contributed by atoms with Crippen molar-refractivity contribution in [3.05, 3.63) is 48.3 Å². The molecule has 1 aromatic carbocycles. The second kappa shape index (κ2) is 6.09. The number of rotatable bonds is 5. The van der Waals surface area contributed by atoms with Crippen molar-refractivity contribution < 1.29 is 0 Å². The minimum Gasteiger partial charge on any atom is -0.379 e. The van der Waals surface area contributed by atoms with E-state index in [1.807, 2.05) is 16.9 Å². The molecule has 0 spiro atoms. The van der Waals surface area contributed by atoms with Crippen molar-refractivity contribution in [3.8, 4) is 0 Å². The molecule has 0 bridgehead atoms. The number of hydrogen-bond donors (Lipinski definition) is 2. The van der Waals surface area contributed by atoms with Crippen LogP contribution < -0.4 is 11.1 Å². The largest absolute Gasteiger partial charge is 0.379 e. The Balaban J connectivity index is 1.62. The van der Waals surface area contributed by atoms with E-state index in [2.05, 4.69) is 40.9 Å². The van der Waals surface area contributed by atoms with Crippen LogP contribution in [0.1, 0.15) is 24.8 Å². The molecular weight excluding hydrogens is 248 g/mol. The Morgan fingerprint density at radius 1 is 1.25 bits per heavy atom. The predicted molar refractivity (Wildman–Crippen MR) is 81.6 cm³/mol. The lowest BCUT2D eigenvalue weighted by Gasteiger charge is -2.19. The zero-order valence-electron chi connectivity index (χ0n) is 11.7. The third-order valence-electron chi connectivity index (χ3n) is 4.13. The molecule has 0 aliphatic heterocycles. The molecule has 1 saturated carbocycles. The first-order valence-corrected chi connectivity index (χ1v) is 7.38. The number of nitrogens with zero attached hydrogens (tertiary/aromatic N) is 2. The minimum atomic E-state index is 0.509. The zero-order chi connectivity index (χ0) is 13.8. The van der Waals surface area contributed by atoms with Gasteiger partial charge >= 0.3 is 0 Å². The molecule has 0 saturated heterocycles. The smallest absolute Gasteiger partial charge is 0.0728 e. The van der Waals surface area contributed by atoms with Gasteiger partial charge in [-0.25, -0.2) is 0 Å². The number of anilines is 1. The van der Waals surface area contributed by atoms with Crippen LogP contribution in [0.2, 0.25) is 0 Å². The molecule has 20 heavy (non-hydrogen) atoms. The summed E-state index contributed by atoms with van der Waals surface area (Å²) in [6, 6.07) is 10.9. The molecule has 4 heteroatoms. The van der Waals surface area contributed by atoms with E-state index in [1.54, 1.807) is 0 Å². The van der Waals surface area contributed by atoms with Crippen LogP contribution >= 0.6 is 0 Å². The number of hydrogen-bond acceptors (Lipinski definition) is 3. The van der Waals surface area contributed by atoms with Crippen LogP contribution in [0, 0.1) is 5.92 Å². The number of benzene rings is 1. The Labute approximate surface area is 120 Å². The highest BCUT2D eigenvalue weighted by Gasteiger charge is 2.25. The maximum absolute atomic E-state index is 5.82. The van der Waals surface area contributed by atoms with Crippen LogP contribution in [0.5, 0.6) is 0 Å². The average molecular weight is 270 g/mol. The fraction of sp³-hybridized carbons (Fsp3) is 0.438. The minimum absolute atomic E-state index is 0.509. The van der Waals surface area contributed by atoms with Crippen molar-refractivity contribution in [1.82, 2.24) is 9.78 Å². The summed E-state index contributed by atoms with van der Waals surface area (Å²) in [4.78, 5) is 0. The summed E-state index contributed by atoms with van der Waals surface area (Å²) in [6.07, 6.45) is 7.73. The molecule has 1 aromatic heterocycles. The highest BCUT2D eigenvalue weighted by Crippen LogP contribution is 2.27. The Bertz CT molecular complexity index is 534. The summed E-state index contributed by atoms with van der Waals surface area (Å²) < 4.78 is 1.98. The highest BCUT2D eigenvalue weighted by atomic mass is 15.3. The van der Waals surface area contributed by atoms with Crippen molar-refractivity contribution in [1.29, 1.82) is 0 Å². The predicted octanol–water partition coefficient (Wildman–Crippen LogP) is 2.47. The van der Waals surface area contributed by atoms with E-state index in [9.17, 15) is 0 Å². The van der Waals surface area contributed by atoms with Gasteiger partial charge in [-0.15, -0.1) is 0 Å². The quantitative estimate of drug-likeness (QED) is 0.877. The molecule has 3 N–H and O–H groups in total. The van der Waals surface area contributed by atoms with Crippen LogP contribution in [0.4, 0.5) is 5.69 Å². The van der Waals surface area contributed by atoms with E-state index >= 15 is 0 Å². The van der Waals surface area contributed by atoms with Crippen molar-refractivity contribution in [3.63, 3.8) is 0 Å². The van der Waals surface area contributed by atoms with Gasteiger partial charge in [-0.1, -0.05) is 36.8 Å². The van der Waals surface area contributed by atoms with Gasteiger partial charge in [0.25, 0.3) is 0 Å². The Morgan fingerprint density at radius 3 is 2.90 bits per heavy atom. The normalized spacial score (nSPS) is 22.1. The summed E-state index contributed by atoms with van der Waals surface area (Å²) in [7, 11) is 0. The van der Waals surface area contributed by atoms with Crippen LogP contribution in [-0.2, 0) is 6.54 Å². The molecule has 1 fully saturated rings. The summed E-state index contributed by atoms with van der Waals surface area (Å²) in [6.45, 7) is 1.59.